The van der Waals surface area contributed by atoms with Crippen molar-refractivity contribution in [3.05, 3.63) is 64.4 Å². The first-order valence-electron chi connectivity index (χ1n) is 13.8. The number of hydrogen-bond donors (Lipinski definition) is 1. The molecule has 1 unspecified atom stereocenters. The summed E-state index contributed by atoms with van der Waals surface area (Å²) < 4.78 is 2.89. The molecule has 6 nitrogen and oxygen atoms in total. The van der Waals surface area contributed by atoms with E-state index in [9.17, 15) is 9.59 Å². The van der Waals surface area contributed by atoms with Crippen molar-refractivity contribution in [2.24, 2.45) is 0 Å². The number of amides is 2. The number of aromatic nitrogens is 2. The van der Waals surface area contributed by atoms with E-state index in [1.54, 1.807) is 12.1 Å². The molecule has 2 aliphatic carbocycles. The lowest BCUT2D eigenvalue weighted by Crippen LogP contribution is -2.50. The first-order chi connectivity index (χ1) is 18.0. The zero-order valence-corrected chi connectivity index (χ0v) is 23.3. The fourth-order valence-electron chi connectivity index (χ4n) is 6.21. The van der Waals surface area contributed by atoms with Gasteiger partial charge in [0.25, 0.3) is 5.91 Å². The standard InChI is InChI=1S/C30H37BrN4O2/c1-21(32-30(37)22-11-10-12-23(31)19-22)29-33-26-17-8-9-18-27(26)34(29)20-28(36)35(24-13-4-2-5-14-24)25-15-6-3-7-16-25/h8-12,17-19,21,24-25H,2-7,13-16,20H2,1H3,(H,32,37). The smallest absolute Gasteiger partial charge is 0.251 e. The molecular formula is C30H37BrN4O2. The highest BCUT2D eigenvalue weighted by atomic mass is 79.9. The third-order valence-electron chi connectivity index (χ3n) is 8.02. The molecule has 2 aliphatic rings. The van der Waals surface area contributed by atoms with Crippen molar-refractivity contribution < 1.29 is 9.59 Å². The van der Waals surface area contributed by atoms with Crippen LogP contribution in [-0.4, -0.2) is 38.3 Å². The molecule has 0 saturated heterocycles. The summed E-state index contributed by atoms with van der Waals surface area (Å²) in [4.78, 5) is 34.2. The van der Waals surface area contributed by atoms with Crippen LogP contribution in [0.25, 0.3) is 11.0 Å². The van der Waals surface area contributed by atoms with E-state index in [0.29, 0.717) is 23.5 Å². The van der Waals surface area contributed by atoms with Crippen molar-refractivity contribution in [3.63, 3.8) is 0 Å². The van der Waals surface area contributed by atoms with E-state index in [1.165, 1.54) is 38.5 Å². The van der Waals surface area contributed by atoms with E-state index in [-0.39, 0.29) is 24.4 Å². The Kier molecular flexibility index (Phi) is 8.28. The van der Waals surface area contributed by atoms with E-state index in [4.69, 9.17) is 4.98 Å². The quantitative estimate of drug-likeness (QED) is 0.343. The minimum absolute atomic E-state index is 0.162. The van der Waals surface area contributed by atoms with Gasteiger partial charge in [-0.25, -0.2) is 4.98 Å². The van der Waals surface area contributed by atoms with E-state index >= 15 is 0 Å². The summed E-state index contributed by atoms with van der Waals surface area (Å²) >= 11 is 3.44. The average molecular weight is 566 g/mol. The van der Waals surface area contributed by atoms with Crippen LogP contribution in [0.15, 0.2) is 53.0 Å². The van der Waals surface area contributed by atoms with Crippen LogP contribution >= 0.6 is 15.9 Å². The maximum atomic E-state index is 14.1. The van der Waals surface area contributed by atoms with Gasteiger partial charge in [-0.1, -0.05) is 72.7 Å². The largest absolute Gasteiger partial charge is 0.342 e. The fourth-order valence-corrected chi connectivity index (χ4v) is 6.61. The fraction of sp³-hybridized carbons (Fsp3) is 0.500. The van der Waals surface area contributed by atoms with Crippen LogP contribution in [0.1, 0.15) is 93.4 Å². The Morgan fingerprint density at radius 3 is 2.27 bits per heavy atom. The molecule has 2 aromatic carbocycles. The molecule has 0 spiro atoms. The number of benzene rings is 2. The predicted molar refractivity (Wildman–Crippen MR) is 150 cm³/mol. The van der Waals surface area contributed by atoms with Crippen molar-refractivity contribution in [3.8, 4) is 0 Å². The molecule has 2 fully saturated rings. The second-order valence-electron chi connectivity index (χ2n) is 10.6. The van der Waals surface area contributed by atoms with Gasteiger partial charge in [0.05, 0.1) is 17.1 Å². The van der Waals surface area contributed by atoms with Crippen molar-refractivity contribution >= 4 is 38.8 Å². The van der Waals surface area contributed by atoms with E-state index in [1.807, 2.05) is 47.9 Å². The highest BCUT2D eigenvalue weighted by Gasteiger charge is 2.33. The summed E-state index contributed by atoms with van der Waals surface area (Å²) in [5.41, 5.74) is 2.36. The second-order valence-corrected chi connectivity index (χ2v) is 11.6. The van der Waals surface area contributed by atoms with Gasteiger partial charge in [-0.3, -0.25) is 9.59 Å². The number of para-hydroxylation sites is 2. The Hall–Kier alpha value is -2.67. The number of carbonyl (C=O) groups is 2. The van der Waals surface area contributed by atoms with Gasteiger partial charge in [0.1, 0.15) is 12.4 Å². The monoisotopic (exact) mass is 564 g/mol. The van der Waals surface area contributed by atoms with Crippen molar-refractivity contribution in [2.75, 3.05) is 0 Å². The van der Waals surface area contributed by atoms with Crippen molar-refractivity contribution in [1.29, 1.82) is 0 Å². The molecule has 0 bridgehead atoms. The zero-order chi connectivity index (χ0) is 25.8. The summed E-state index contributed by atoms with van der Waals surface area (Å²) in [5, 5.41) is 3.10. The Balaban J connectivity index is 1.43. The van der Waals surface area contributed by atoms with Gasteiger partial charge in [-0.05, 0) is 62.9 Å². The molecule has 7 heteroatoms. The molecule has 0 aliphatic heterocycles. The third kappa shape index (κ3) is 5.92. The zero-order valence-electron chi connectivity index (χ0n) is 21.7. The highest BCUT2D eigenvalue weighted by molar-refractivity contribution is 9.10. The average Bonchev–Trinajstić information content (AvgIpc) is 3.28. The molecule has 1 atom stereocenters. The van der Waals surface area contributed by atoms with Crippen LogP contribution in [-0.2, 0) is 11.3 Å². The first-order valence-corrected chi connectivity index (χ1v) is 14.6. The molecule has 3 aromatic rings. The summed E-state index contributed by atoms with van der Waals surface area (Å²) in [6.45, 7) is 2.19. The maximum Gasteiger partial charge on any atom is 0.251 e. The second kappa shape index (κ2) is 11.8. The van der Waals surface area contributed by atoms with Gasteiger partial charge < -0.3 is 14.8 Å². The molecular weight excluding hydrogens is 528 g/mol. The third-order valence-corrected chi connectivity index (χ3v) is 8.52. The molecule has 0 radical (unpaired) electrons. The molecule has 2 amide bonds. The van der Waals surface area contributed by atoms with Crippen molar-refractivity contribution in [2.45, 2.75) is 95.8 Å². The number of hydrogen-bond acceptors (Lipinski definition) is 3. The van der Waals surface area contributed by atoms with Crippen LogP contribution in [0.4, 0.5) is 0 Å². The number of nitrogens with one attached hydrogen (secondary N) is 1. The van der Waals surface area contributed by atoms with Crippen LogP contribution < -0.4 is 5.32 Å². The number of halogens is 1. The van der Waals surface area contributed by atoms with Crippen LogP contribution in [0.2, 0.25) is 0 Å². The Bertz CT molecular complexity index is 1230. The molecule has 1 heterocycles. The minimum atomic E-state index is -0.357. The highest BCUT2D eigenvalue weighted by Crippen LogP contribution is 2.31. The molecule has 5 rings (SSSR count). The number of rotatable bonds is 7. The minimum Gasteiger partial charge on any atom is -0.342 e. The number of imidazole rings is 1. The Morgan fingerprint density at radius 2 is 1.62 bits per heavy atom. The lowest BCUT2D eigenvalue weighted by molar-refractivity contribution is -0.138. The van der Waals surface area contributed by atoms with Gasteiger partial charge in [0, 0.05) is 22.1 Å². The lowest BCUT2D eigenvalue weighted by Gasteiger charge is -2.42. The Morgan fingerprint density at radius 1 is 0.973 bits per heavy atom. The molecule has 2 saturated carbocycles. The summed E-state index contributed by atoms with van der Waals surface area (Å²) in [5.74, 6) is 0.739. The summed E-state index contributed by atoms with van der Waals surface area (Å²) in [7, 11) is 0. The topological polar surface area (TPSA) is 67.2 Å². The molecule has 1 aromatic heterocycles. The number of nitrogens with zero attached hydrogens (tertiary/aromatic N) is 3. The SMILES string of the molecule is CC(NC(=O)c1cccc(Br)c1)c1nc2ccccc2n1CC(=O)N(C1CCCCC1)C1CCCCC1. The Labute approximate surface area is 228 Å². The summed E-state index contributed by atoms with van der Waals surface area (Å²) in [6, 6.07) is 15.6. The van der Waals surface area contributed by atoms with Gasteiger partial charge in [0.2, 0.25) is 5.91 Å². The van der Waals surface area contributed by atoms with Crippen molar-refractivity contribution in [1.82, 2.24) is 19.8 Å². The normalized spacial score (nSPS) is 18.0. The molecule has 1 N–H and O–H groups in total. The number of carbonyl (C=O) groups excluding carboxylic acids is 2. The van der Waals surface area contributed by atoms with Crippen LogP contribution in [0.5, 0.6) is 0 Å². The maximum absolute atomic E-state index is 14.1. The molecule has 196 valence electrons. The lowest BCUT2D eigenvalue weighted by atomic mass is 9.88. The number of fused-ring (bicyclic) bond motifs is 1. The van der Waals surface area contributed by atoms with E-state index in [0.717, 1.165) is 41.2 Å². The van der Waals surface area contributed by atoms with Gasteiger partial charge in [-0.15, -0.1) is 0 Å². The summed E-state index contributed by atoms with van der Waals surface area (Å²) in [6.07, 6.45) is 11.8. The van der Waals surface area contributed by atoms with E-state index < -0.39 is 0 Å². The van der Waals surface area contributed by atoms with Crippen LogP contribution in [0, 0.1) is 0 Å². The molecule has 37 heavy (non-hydrogen) atoms. The first kappa shape index (κ1) is 26.0. The van der Waals surface area contributed by atoms with E-state index in [2.05, 4.69) is 26.1 Å². The van der Waals surface area contributed by atoms with Gasteiger partial charge in [0.15, 0.2) is 0 Å². The van der Waals surface area contributed by atoms with Crippen LogP contribution in [0.3, 0.4) is 0 Å². The predicted octanol–water partition coefficient (Wildman–Crippen LogP) is 6.78. The van der Waals surface area contributed by atoms with Gasteiger partial charge >= 0.3 is 0 Å². The van der Waals surface area contributed by atoms with Gasteiger partial charge in [-0.2, -0.15) is 0 Å².